The topological polar surface area (TPSA) is 112 Å². The molecule has 0 saturated heterocycles. The summed E-state index contributed by atoms with van der Waals surface area (Å²) in [6.07, 6.45) is 6.40. The second-order valence-electron chi connectivity index (χ2n) is 9.36. The molecule has 1 aliphatic rings. The minimum Gasteiger partial charge on any atom is -0.382 e. The molecule has 0 spiro atoms. The van der Waals surface area contributed by atoms with Crippen LogP contribution in [0.1, 0.15) is 37.4 Å². The highest BCUT2D eigenvalue weighted by molar-refractivity contribution is 5.92. The van der Waals surface area contributed by atoms with E-state index in [1.807, 2.05) is 59.1 Å². The van der Waals surface area contributed by atoms with Gasteiger partial charge in [-0.3, -0.25) is 9.20 Å². The molecule has 1 fully saturated rings. The number of benzene rings is 2. The van der Waals surface area contributed by atoms with Crippen LogP contribution in [0.25, 0.3) is 38.9 Å². The summed E-state index contributed by atoms with van der Waals surface area (Å²) in [4.78, 5) is 25.5. The molecule has 0 atom stereocenters. The minimum absolute atomic E-state index is 0.106. The van der Waals surface area contributed by atoms with Gasteiger partial charge in [0.2, 0.25) is 5.91 Å². The maximum atomic E-state index is 16.1. The molecule has 7 nitrogen and oxygen atoms in total. The summed E-state index contributed by atoms with van der Waals surface area (Å²) in [6.45, 7) is 0. The molecule has 1 aliphatic carbocycles. The normalized spacial score (nSPS) is 18.0. The number of hydrogen-bond acceptors (Lipinski definition) is 5. The van der Waals surface area contributed by atoms with Gasteiger partial charge in [0.1, 0.15) is 28.4 Å². The monoisotopic (exact) mass is 480 g/mol. The lowest BCUT2D eigenvalue weighted by molar-refractivity contribution is -0.122. The van der Waals surface area contributed by atoms with Crippen molar-refractivity contribution >= 4 is 28.1 Å². The zero-order valence-corrected chi connectivity index (χ0v) is 19.6. The second kappa shape index (κ2) is 8.71. The van der Waals surface area contributed by atoms with Crippen molar-refractivity contribution in [3.05, 3.63) is 78.6 Å². The molecule has 8 heteroatoms. The predicted octanol–water partition coefficient (Wildman–Crippen LogP) is 5.09. The minimum atomic E-state index is -0.447. The number of hydrogen-bond donors (Lipinski definition) is 2. The maximum absolute atomic E-state index is 16.1. The molecule has 0 bridgehead atoms. The molecular formula is C28H25FN6O. The van der Waals surface area contributed by atoms with Crippen LogP contribution in [0.15, 0.2) is 67.0 Å². The number of imidazole rings is 1. The van der Waals surface area contributed by atoms with Crippen LogP contribution in [0, 0.1) is 11.7 Å². The van der Waals surface area contributed by atoms with Crippen molar-refractivity contribution in [2.75, 3.05) is 5.73 Å². The van der Waals surface area contributed by atoms with Crippen molar-refractivity contribution in [3.8, 4) is 22.5 Å². The van der Waals surface area contributed by atoms with E-state index in [1.54, 1.807) is 12.3 Å². The van der Waals surface area contributed by atoms with E-state index in [9.17, 15) is 4.79 Å². The standard InChI is InChI=1S/C28H25FN6O/c29-22-20(12-10-17-11-13-21(33-23(17)22)16-4-2-1-3-5-16)24-25-26(30)32-14-15-35(25)28(34-24)19-8-6-18(7-9-19)27(31)36/h1-5,10-15,18-19H,6-9H2,(H2,30,32)(H2,31,36). The molecule has 3 aromatic heterocycles. The number of rotatable bonds is 4. The van der Waals surface area contributed by atoms with Crippen molar-refractivity contribution in [1.82, 2.24) is 19.4 Å². The van der Waals surface area contributed by atoms with E-state index in [2.05, 4.69) is 9.97 Å². The first-order valence-electron chi connectivity index (χ1n) is 12.1. The molecule has 180 valence electrons. The van der Waals surface area contributed by atoms with Gasteiger partial charge in [0.25, 0.3) is 0 Å². The summed E-state index contributed by atoms with van der Waals surface area (Å²) in [7, 11) is 0. The number of carbonyl (C=O) groups is 1. The Kier molecular flexibility index (Phi) is 5.36. The number of aromatic nitrogens is 4. The Morgan fingerprint density at radius 1 is 0.972 bits per heavy atom. The average molecular weight is 481 g/mol. The zero-order chi connectivity index (χ0) is 24.8. The first-order valence-corrected chi connectivity index (χ1v) is 12.1. The number of carbonyl (C=O) groups excluding carboxylic acids is 1. The highest BCUT2D eigenvalue weighted by Gasteiger charge is 2.30. The quantitative estimate of drug-likeness (QED) is 0.372. The highest BCUT2D eigenvalue weighted by atomic mass is 19.1. The highest BCUT2D eigenvalue weighted by Crippen LogP contribution is 2.39. The van der Waals surface area contributed by atoms with Crippen molar-refractivity contribution < 1.29 is 9.18 Å². The number of primary amides is 1. The van der Waals surface area contributed by atoms with Crippen LogP contribution >= 0.6 is 0 Å². The summed E-state index contributed by atoms with van der Waals surface area (Å²) < 4.78 is 18.0. The van der Waals surface area contributed by atoms with E-state index in [4.69, 9.17) is 16.5 Å². The van der Waals surface area contributed by atoms with Gasteiger partial charge in [-0.05, 0) is 37.8 Å². The molecule has 2 aromatic carbocycles. The summed E-state index contributed by atoms with van der Waals surface area (Å²) in [5.41, 5.74) is 15.0. The predicted molar refractivity (Wildman–Crippen MR) is 137 cm³/mol. The Labute approximate surface area is 207 Å². The van der Waals surface area contributed by atoms with Crippen molar-refractivity contribution in [3.63, 3.8) is 0 Å². The van der Waals surface area contributed by atoms with Crippen LogP contribution in [0.3, 0.4) is 0 Å². The van der Waals surface area contributed by atoms with Gasteiger partial charge in [0.05, 0.1) is 5.69 Å². The third-order valence-electron chi connectivity index (χ3n) is 7.23. The van der Waals surface area contributed by atoms with Crippen LogP contribution in [-0.4, -0.2) is 25.3 Å². The molecule has 1 saturated carbocycles. The summed E-state index contributed by atoms with van der Waals surface area (Å²) >= 11 is 0. The van der Waals surface area contributed by atoms with Crippen molar-refractivity contribution in [2.45, 2.75) is 31.6 Å². The number of nitrogen functional groups attached to an aromatic ring is 1. The van der Waals surface area contributed by atoms with E-state index in [0.717, 1.165) is 24.2 Å². The van der Waals surface area contributed by atoms with Crippen LogP contribution in [-0.2, 0) is 4.79 Å². The Morgan fingerprint density at radius 3 is 2.47 bits per heavy atom. The summed E-state index contributed by atoms with van der Waals surface area (Å²) in [5.74, 6) is 0.371. The molecule has 6 rings (SSSR count). The van der Waals surface area contributed by atoms with Crippen LogP contribution < -0.4 is 11.5 Å². The van der Waals surface area contributed by atoms with E-state index in [0.29, 0.717) is 40.7 Å². The van der Waals surface area contributed by atoms with E-state index in [1.165, 1.54) is 0 Å². The van der Waals surface area contributed by atoms with Gasteiger partial charge in [-0.2, -0.15) is 0 Å². The lowest BCUT2D eigenvalue weighted by Crippen LogP contribution is -2.27. The first-order chi connectivity index (χ1) is 17.5. The SMILES string of the molecule is NC(=O)C1CCC(c2nc(-c3ccc4ccc(-c5ccccc5)nc4c3F)c3c(N)nccn23)CC1. The fraction of sp³-hybridized carbons (Fsp3) is 0.214. The van der Waals surface area contributed by atoms with Crippen LogP contribution in [0.5, 0.6) is 0 Å². The Hall–Kier alpha value is -4.33. The molecule has 1 amide bonds. The number of anilines is 1. The number of halogens is 1. The fourth-order valence-electron chi connectivity index (χ4n) is 5.31. The van der Waals surface area contributed by atoms with Crippen LogP contribution in [0.4, 0.5) is 10.2 Å². The van der Waals surface area contributed by atoms with Gasteiger partial charge in [0, 0.05) is 40.7 Å². The van der Waals surface area contributed by atoms with Gasteiger partial charge in [-0.25, -0.2) is 19.3 Å². The molecule has 0 aliphatic heterocycles. The number of amides is 1. The molecule has 5 aromatic rings. The Balaban J connectivity index is 1.48. The van der Waals surface area contributed by atoms with Crippen molar-refractivity contribution in [2.24, 2.45) is 11.7 Å². The third-order valence-corrected chi connectivity index (χ3v) is 7.23. The average Bonchev–Trinajstić information content (AvgIpc) is 3.30. The number of nitrogens with two attached hydrogens (primary N) is 2. The van der Waals surface area contributed by atoms with Gasteiger partial charge < -0.3 is 11.5 Å². The van der Waals surface area contributed by atoms with E-state index >= 15 is 4.39 Å². The number of fused-ring (bicyclic) bond motifs is 2. The molecule has 36 heavy (non-hydrogen) atoms. The number of nitrogens with zero attached hydrogens (tertiary/aromatic N) is 4. The fourth-order valence-corrected chi connectivity index (χ4v) is 5.31. The lowest BCUT2D eigenvalue weighted by atomic mass is 9.81. The van der Waals surface area contributed by atoms with Gasteiger partial charge in [-0.1, -0.05) is 42.5 Å². The van der Waals surface area contributed by atoms with Gasteiger partial charge >= 0.3 is 0 Å². The third kappa shape index (κ3) is 3.66. The largest absolute Gasteiger partial charge is 0.382 e. The Morgan fingerprint density at radius 2 is 1.72 bits per heavy atom. The molecule has 3 heterocycles. The van der Waals surface area contributed by atoms with E-state index in [-0.39, 0.29) is 29.1 Å². The molecule has 4 N–H and O–H groups in total. The van der Waals surface area contributed by atoms with E-state index < -0.39 is 5.82 Å². The number of pyridine rings is 1. The smallest absolute Gasteiger partial charge is 0.220 e. The summed E-state index contributed by atoms with van der Waals surface area (Å²) in [5, 5.41) is 0.704. The van der Waals surface area contributed by atoms with Gasteiger partial charge in [-0.15, -0.1) is 0 Å². The van der Waals surface area contributed by atoms with Crippen molar-refractivity contribution in [1.29, 1.82) is 0 Å². The Bertz CT molecular complexity index is 1610. The zero-order valence-electron chi connectivity index (χ0n) is 19.6. The summed E-state index contributed by atoms with van der Waals surface area (Å²) in [6, 6.07) is 17.0. The van der Waals surface area contributed by atoms with Crippen LogP contribution in [0.2, 0.25) is 0 Å². The first kappa shape index (κ1) is 22.2. The molecular weight excluding hydrogens is 455 g/mol. The molecule has 0 unspecified atom stereocenters. The lowest BCUT2D eigenvalue weighted by Gasteiger charge is -2.25. The second-order valence-corrected chi connectivity index (χ2v) is 9.36. The maximum Gasteiger partial charge on any atom is 0.220 e. The molecule has 0 radical (unpaired) electrons. The van der Waals surface area contributed by atoms with Gasteiger partial charge in [0.15, 0.2) is 5.82 Å².